The first kappa shape index (κ1) is 9.41. The van der Waals surface area contributed by atoms with Crippen LogP contribution in [0.5, 0.6) is 0 Å². The number of nitrogens with zero attached hydrogens (tertiary/aromatic N) is 4. The van der Waals surface area contributed by atoms with Crippen LogP contribution in [0.1, 0.15) is 17.0 Å². The Labute approximate surface area is 87.8 Å². The zero-order valence-corrected chi connectivity index (χ0v) is 8.60. The molecule has 0 fully saturated rings. The Morgan fingerprint density at radius 1 is 1.07 bits per heavy atom. The summed E-state index contributed by atoms with van der Waals surface area (Å²) in [4.78, 5) is 1.58. The van der Waals surface area contributed by atoms with Gasteiger partial charge in [0.15, 0.2) is 0 Å². The summed E-state index contributed by atoms with van der Waals surface area (Å²) in [6.07, 6.45) is 0. The van der Waals surface area contributed by atoms with E-state index in [0.29, 0.717) is 5.56 Å². The molecule has 0 radical (unpaired) electrons. The molecule has 0 unspecified atom stereocenters. The lowest BCUT2D eigenvalue weighted by Gasteiger charge is -1.98. The molecule has 74 valence electrons. The van der Waals surface area contributed by atoms with Crippen molar-refractivity contribution >= 4 is 0 Å². The fourth-order valence-corrected chi connectivity index (χ4v) is 1.24. The first-order valence-electron chi connectivity index (χ1n) is 4.62. The summed E-state index contributed by atoms with van der Waals surface area (Å²) in [7, 11) is 0. The quantitative estimate of drug-likeness (QED) is 0.701. The Kier molecular flexibility index (Phi) is 2.22. The maximum atomic E-state index is 8.66. The number of hydrogen-bond acceptors (Lipinski definition) is 3. The fraction of sp³-hybridized carbons (Fsp3) is 0.182. The van der Waals surface area contributed by atoms with Crippen LogP contribution in [0.2, 0.25) is 0 Å². The van der Waals surface area contributed by atoms with Gasteiger partial charge in [-0.15, -0.1) is 0 Å². The Morgan fingerprint density at radius 2 is 1.60 bits per heavy atom. The van der Waals surface area contributed by atoms with Crippen molar-refractivity contribution in [1.29, 1.82) is 5.26 Å². The number of rotatable bonds is 1. The highest BCUT2D eigenvalue weighted by Gasteiger charge is 2.03. The van der Waals surface area contributed by atoms with Gasteiger partial charge in [-0.05, 0) is 38.1 Å². The molecule has 0 aliphatic heterocycles. The average molecular weight is 198 g/mol. The predicted molar refractivity (Wildman–Crippen MR) is 55.5 cm³/mol. The maximum absolute atomic E-state index is 8.66. The molecule has 0 spiro atoms. The van der Waals surface area contributed by atoms with Gasteiger partial charge in [-0.3, -0.25) is 0 Å². The molecule has 1 heterocycles. The van der Waals surface area contributed by atoms with Crippen molar-refractivity contribution in [2.45, 2.75) is 13.8 Å². The molecule has 2 aromatic rings. The van der Waals surface area contributed by atoms with E-state index in [9.17, 15) is 0 Å². The molecule has 0 aliphatic rings. The second kappa shape index (κ2) is 3.54. The summed E-state index contributed by atoms with van der Waals surface area (Å²) < 4.78 is 0. The molecule has 4 nitrogen and oxygen atoms in total. The summed E-state index contributed by atoms with van der Waals surface area (Å²) in [5.41, 5.74) is 3.34. The third kappa shape index (κ3) is 1.72. The molecule has 4 heteroatoms. The largest absolute Gasteiger partial charge is 0.192 e. The van der Waals surface area contributed by atoms with Crippen molar-refractivity contribution in [3.8, 4) is 11.8 Å². The minimum atomic E-state index is 0.638. The highest BCUT2D eigenvalue weighted by Crippen LogP contribution is 2.08. The van der Waals surface area contributed by atoms with Crippen LogP contribution in [0.25, 0.3) is 5.69 Å². The summed E-state index contributed by atoms with van der Waals surface area (Å²) in [5.74, 6) is 0. The third-order valence-electron chi connectivity index (χ3n) is 2.24. The number of aryl methyl sites for hydroxylation is 2. The van der Waals surface area contributed by atoms with Gasteiger partial charge >= 0.3 is 0 Å². The molecule has 0 bridgehead atoms. The van der Waals surface area contributed by atoms with Gasteiger partial charge in [0.25, 0.3) is 0 Å². The van der Waals surface area contributed by atoms with Gasteiger partial charge in [0.05, 0.1) is 28.7 Å². The Hall–Kier alpha value is -2.15. The Morgan fingerprint density at radius 3 is 2.07 bits per heavy atom. The topological polar surface area (TPSA) is 54.5 Å². The van der Waals surface area contributed by atoms with Gasteiger partial charge < -0.3 is 0 Å². The van der Waals surface area contributed by atoms with E-state index < -0.39 is 0 Å². The third-order valence-corrected chi connectivity index (χ3v) is 2.24. The van der Waals surface area contributed by atoms with Crippen molar-refractivity contribution in [1.82, 2.24) is 15.0 Å². The molecule has 1 aromatic heterocycles. The fourth-order valence-electron chi connectivity index (χ4n) is 1.24. The average Bonchev–Trinajstić information content (AvgIpc) is 2.59. The molecule has 0 aliphatic carbocycles. The number of nitriles is 1. The van der Waals surface area contributed by atoms with Gasteiger partial charge in [0.2, 0.25) is 0 Å². The van der Waals surface area contributed by atoms with E-state index in [-0.39, 0.29) is 0 Å². The van der Waals surface area contributed by atoms with Crippen molar-refractivity contribution in [3.63, 3.8) is 0 Å². The van der Waals surface area contributed by atoms with Crippen LogP contribution >= 0.6 is 0 Å². The zero-order valence-electron chi connectivity index (χ0n) is 8.60. The summed E-state index contributed by atoms with van der Waals surface area (Å²) in [5, 5.41) is 17.2. The molecular formula is C11H10N4. The summed E-state index contributed by atoms with van der Waals surface area (Å²) in [6, 6.07) is 9.24. The van der Waals surface area contributed by atoms with E-state index in [1.807, 2.05) is 26.0 Å². The lowest BCUT2D eigenvalue weighted by Crippen LogP contribution is -1.98. The predicted octanol–water partition coefficient (Wildman–Crippen LogP) is 1.76. The minimum absolute atomic E-state index is 0.638. The molecule has 0 saturated heterocycles. The van der Waals surface area contributed by atoms with Crippen LogP contribution < -0.4 is 0 Å². The number of hydrogen-bond donors (Lipinski definition) is 0. The molecule has 1 aromatic carbocycles. The van der Waals surface area contributed by atoms with Gasteiger partial charge in [-0.2, -0.15) is 20.3 Å². The maximum Gasteiger partial charge on any atom is 0.0991 e. The standard InChI is InChI=1S/C11H10N4/c1-8-9(2)14-15(13-8)11-5-3-10(7-12)4-6-11/h3-6H,1-2H3. The SMILES string of the molecule is Cc1nn(-c2ccc(C#N)cc2)nc1C. The smallest absolute Gasteiger partial charge is 0.0991 e. The van der Waals surface area contributed by atoms with Crippen molar-refractivity contribution < 1.29 is 0 Å². The van der Waals surface area contributed by atoms with Crippen LogP contribution in [-0.2, 0) is 0 Å². The van der Waals surface area contributed by atoms with Crippen molar-refractivity contribution in [3.05, 3.63) is 41.2 Å². The Balaban J connectivity index is 2.42. The van der Waals surface area contributed by atoms with E-state index in [1.165, 1.54) is 0 Å². The first-order chi connectivity index (χ1) is 7.20. The van der Waals surface area contributed by atoms with Gasteiger partial charge in [0, 0.05) is 0 Å². The molecule has 0 saturated carbocycles. The van der Waals surface area contributed by atoms with Crippen molar-refractivity contribution in [2.75, 3.05) is 0 Å². The van der Waals surface area contributed by atoms with Gasteiger partial charge in [0.1, 0.15) is 0 Å². The zero-order chi connectivity index (χ0) is 10.8. The van der Waals surface area contributed by atoms with E-state index >= 15 is 0 Å². The van der Waals surface area contributed by atoms with E-state index in [4.69, 9.17) is 5.26 Å². The monoisotopic (exact) mass is 198 g/mol. The van der Waals surface area contributed by atoms with Crippen LogP contribution in [0, 0.1) is 25.2 Å². The van der Waals surface area contributed by atoms with Crippen LogP contribution in [-0.4, -0.2) is 15.0 Å². The highest BCUT2D eigenvalue weighted by molar-refractivity contribution is 5.38. The number of benzene rings is 1. The lowest BCUT2D eigenvalue weighted by atomic mass is 10.2. The lowest BCUT2D eigenvalue weighted by molar-refractivity contribution is 0.741. The minimum Gasteiger partial charge on any atom is -0.192 e. The second-order valence-corrected chi connectivity index (χ2v) is 3.32. The van der Waals surface area contributed by atoms with Gasteiger partial charge in [-0.25, -0.2) is 0 Å². The molecular weight excluding hydrogens is 188 g/mol. The molecule has 0 atom stereocenters. The summed E-state index contributed by atoms with van der Waals surface area (Å²) >= 11 is 0. The van der Waals surface area contributed by atoms with Gasteiger partial charge in [-0.1, -0.05) is 0 Å². The normalized spacial score (nSPS) is 9.93. The molecule has 0 amide bonds. The van der Waals surface area contributed by atoms with Crippen LogP contribution in [0.3, 0.4) is 0 Å². The van der Waals surface area contributed by atoms with Crippen LogP contribution in [0.4, 0.5) is 0 Å². The first-order valence-corrected chi connectivity index (χ1v) is 4.62. The number of aromatic nitrogens is 3. The molecule has 2 rings (SSSR count). The Bertz CT molecular complexity index is 497. The highest BCUT2D eigenvalue weighted by atomic mass is 15.5. The van der Waals surface area contributed by atoms with Crippen molar-refractivity contribution in [2.24, 2.45) is 0 Å². The second-order valence-electron chi connectivity index (χ2n) is 3.32. The molecule has 0 N–H and O–H groups in total. The molecule has 15 heavy (non-hydrogen) atoms. The van der Waals surface area contributed by atoms with E-state index in [2.05, 4.69) is 16.3 Å². The van der Waals surface area contributed by atoms with E-state index in [0.717, 1.165) is 17.1 Å². The van der Waals surface area contributed by atoms with E-state index in [1.54, 1.807) is 16.9 Å². The van der Waals surface area contributed by atoms with Crippen LogP contribution in [0.15, 0.2) is 24.3 Å². The summed E-state index contributed by atoms with van der Waals surface area (Å²) in [6.45, 7) is 3.84.